The predicted octanol–water partition coefficient (Wildman–Crippen LogP) is 1.79. The van der Waals surface area contributed by atoms with E-state index in [-0.39, 0.29) is 6.42 Å². The number of aryl methyl sites for hydroxylation is 1. The number of carbonyl (C=O) groups is 2. The molecule has 1 atom stereocenters. The summed E-state index contributed by atoms with van der Waals surface area (Å²) in [5.41, 5.74) is 2.15. The molecular formula is C13H15NO4. The Morgan fingerprint density at radius 3 is 2.89 bits per heavy atom. The Hall–Kier alpha value is -2.04. The molecule has 5 heteroatoms. The van der Waals surface area contributed by atoms with Crippen molar-refractivity contribution in [2.45, 2.75) is 26.0 Å². The van der Waals surface area contributed by atoms with Crippen molar-refractivity contribution in [2.24, 2.45) is 0 Å². The first-order valence-corrected chi connectivity index (χ1v) is 5.78. The van der Waals surface area contributed by atoms with Gasteiger partial charge in [-0.3, -0.25) is 4.79 Å². The Bertz CT molecular complexity index is 472. The second-order valence-electron chi connectivity index (χ2n) is 4.41. The molecule has 1 aromatic carbocycles. The number of hydrogen-bond acceptors (Lipinski definition) is 3. The van der Waals surface area contributed by atoms with E-state index in [1.807, 2.05) is 31.2 Å². The van der Waals surface area contributed by atoms with Gasteiger partial charge in [0.05, 0.1) is 13.0 Å². The number of ether oxygens (including phenoxy) is 1. The highest BCUT2D eigenvalue weighted by atomic mass is 16.6. The van der Waals surface area contributed by atoms with Gasteiger partial charge >= 0.3 is 12.1 Å². The van der Waals surface area contributed by atoms with Gasteiger partial charge < -0.3 is 14.7 Å². The van der Waals surface area contributed by atoms with Crippen LogP contribution in [0.3, 0.4) is 0 Å². The zero-order valence-electron chi connectivity index (χ0n) is 10.1. The number of carboxylic acids is 1. The van der Waals surface area contributed by atoms with Crippen molar-refractivity contribution in [3.8, 4) is 0 Å². The molecule has 0 saturated carbocycles. The summed E-state index contributed by atoms with van der Waals surface area (Å²) in [6.45, 7) is 2.77. The standard InChI is InChI=1S/C13H15NO4/c1-9-4-2-3-5-10(9)7-14-8-11(6-12(15)16)18-13(14)17/h2-5,11H,6-8H2,1H3,(H,15,16). The number of hydrogen-bond donors (Lipinski definition) is 1. The van der Waals surface area contributed by atoms with Crippen LogP contribution in [0.15, 0.2) is 24.3 Å². The molecule has 0 spiro atoms. The lowest BCUT2D eigenvalue weighted by Crippen LogP contribution is -2.25. The Kier molecular flexibility index (Phi) is 3.50. The maximum atomic E-state index is 11.6. The van der Waals surface area contributed by atoms with E-state index in [0.717, 1.165) is 11.1 Å². The van der Waals surface area contributed by atoms with E-state index in [0.29, 0.717) is 13.1 Å². The first-order valence-electron chi connectivity index (χ1n) is 5.78. The largest absolute Gasteiger partial charge is 0.481 e. The summed E-state index contributed by atoms with van der Waals surface area (Å²) in [6, 6.07) is 7.78. The lowest BCUT2D eigenvalue weighted by atomic mass is 10.1. The zero-order valence-corrected chi connectivity index (χ0v) is 10.1. The average Bonchev–Trinajstić information content (AvgIpc) is 2.61. The average molecular weight is 249 g/mol. The molecule has 1 heterocycles. The molecule has 18 heavy (non-hydrogen) atoms. The molecule has 0 radical (unpaired) electrons. The first kappa shape index (κ1) is 12.4. The fourth-order valence-corrected chi connectivity index (χ4v) is 2.00. The molecule has 1 saturated heterocycles. The highest BCUT2D eigenvalue weighted by molar-refractivity contribution is 5.72. The van der Waals surface area contributed by atoms with E-state index < -0.39 is 18.2 Å². The molecule has 0 aliphatic carbocycles. The predicted molar refractivity (Wildman–Crippen MR) is 64.1 cm³/mol. The number of amides is 1. The van der Waals surface area contributed by atoms with Crippen molar-refractivity contribution < 1.29 is 19.4 Å². The zero-order chi connectivity index (χ0) is 13.1. The molecule has 96 valence electrons. The molecule has 5 nitrogen and oxygen atoms in total. The molecule has 1 amide bonds. The summed E-state index contributed by atoms with van der Waals surface area (Å²) in [5.74, 6) is -0.953. The summed E-state index contributed by atoms with van der Waals surface area (Å²) >= 11 is 0. The fourth-order valence-electron chi connectivity index (χ4n) is 2.00. The monoisotopic (exact) mass is 249 g/mol. The van der Waals surface area contributed by atoms with E-state index >= 15 is 0 Å². The molecule has 1 aliphatic heterocycles. The number of benzene rings is 1. The summed E-state index contributed by atoms with van der Waals surface area (Å²) < 4.78 is 5.00. The first-order chi connectivity index (χ1) is 8.56. The van der Waals surface area contributed by atoms with Crippen LogP contribution in [0, 0.1) is 6.92 Å². The van der Waals surface area contributed by atoms with E-state index in [4.69, 9.17) is 9.84 Å². The Balaban J connectivity index is 2.01. The van der Waals surface area contributed by atoms with E-state index in [1.54, 1.807) is 0 Å². The van der Waals surface area contributed by atoms with Crippen LogP contribution in [0.4, 0.5) is 4.79 Å². The number of nitrogens with zero attached hydrogens (tertiary/aromatic N) is 1. The molecule has 1 fully saturated rings. The van der Waals surface area contributed by atoms with Crippen molar-refractivity contribution >= 4 is 12.1 Å². The van der Waals surface area contributed by atoms with Crippen molar-refractivity contribution in [3.05, 3.63) is 35.4 Å². The van der Waals surface area contributed by atoms with Crippen LogP contribution < -0.4 is 0 Å². The van der Waals surface area contributed by atoms with Crippen LogP contribution in [0.1, 0.15) is 17.5 Å². The fraction of sp³-hybridized carbons (Fsp3) is 0.385. The summed E-state index contributed by atoms with van der Waals surface area (Å²) in [6.07, 6.45) is -1.13. The summed E-state index contributed by atoms with van der Waals surface area (Å²) in [4.78, 5) is 23.7. The Morgan fingerprint density at radius 1 is 1.50 bits per heavy atom. The van der Waals surface area contributed by atoms with Crippen LogP contribution in [-0.2, 0) is 16.1 Å². The van der Waals surface area contributed by atoms with E-state index in [9.17, 15) is 9.59 Å². The summed E-state index contributed by atoms with van der Waals surface area (Å²) in [7, 11) is 0. The van der Waals surface area contributed by atoms with Gasteiger partial charge in [-0.15, -0.1) is 0 Å². The SMILES string of the molecule is Cc1ccccc1CN1CC(CC(=O)O)OC1=O. The Labute approximate surface area is 105 Å². The number of carboxylic acid groups (broad SMARTS) is 1. The van der Waals surface area contributed by atoms with Crippen molar-refractivity contribution in [1.82, 2.24) is 4.90 Å². The lowest BCUT2D eigenvalue weighted by molar-refractivity contribution is -0.138. The van der Waals surface area contributed by atoms with Crippen LogP contribution in [0.5, 0.6) is 0 Å². The van der Waals surface area contributed by atoms with Crippen molar-refractivity contribution in [3.63, 3.8) is 0 Å². The third-order valence-corrected chi connectivity index (χ3v) is 2.97. The molecular weight excluding hydrogens is 234 g/mol. The topological polar surface area (TPSA) is 66.8 Å². The maximum Gasteiger partial charge on any atom is 0.410 e. The number of rotatable bonds is 4. The minimum Gasteiger partial charge on any atom is -0.481 e. The quantitative estimate of drug-likeness (QED) is 0.883. The summed E-state index contributed by atoms with van der Waals surface area (Å²) in [5, 5.41) is 8.67. The number of aliphatic carboxylic acids is 1. The van der Waals surface area contributed by atoms with E-state index in [2.05, 4.69) is 0 Å². The van der Waals surface area contributed by atoms with Gasteiger partial charge in [0.2, 0.25) is 0 Å². The third-order valence-electron chi connectivity index (χ3n) is 2.97. The van der Waals surface area contributed by atoms with Gasteiger partial charge in [-0.2, -0.15) is 0 Å². The van der Waals surface area contributed by atoms with Crippen LogP contribution in [0.2, 0.25) is 0 Å². The number of cyclic esters (lactones) is 1. The highest BCUT2D eigenvalue weighted by Crippen LogP contribution is 2.18. The van der Waals surface area contributed by atoms with Crippen molar-refractivity contribution in [1.29, 1.82) is 0 Å². The molecule has 1 N–H and O–H groups in total. The van der Waals surface area contributed by atoms with Gasteiger partial charge in [-0.25, -0.2) is 4.79 Å². The van der Waals surface area contributed by atoms with Gasteiger partial charge in [0.15, 0.2) is 0 Å². The molecule has 0 aromatic heterocycles. The van der Waals surface area contributed by atoms with Crippen LogP contribution in [0.25, 0.3) is 0 Å². The highest BCUT2D eigenvalue weighted by Gasteiger charge is 2.32. The van der Waals surface area contributed by atoms with Gasteiger partial charge in [-0.05, 0) is 18.1 Å². The van der Waals surface area contributed by atoms with Crippen molar-refractivity contribution in [2.75, 3.05) is 6.54 Å². The van der Waals surface area contributed by atoms with Gasteiger partial charge in [0.1, 0.15) is 6.10 Å². The minimum atomic E-state index is -0.953. The lowest BCUT2D eigenvalue weighted by Gasteiger charge is -2.14. The molecule has 1 aliphatic rings. The van der Waals surface area contributed by atoms with Crippen LogP contribution in [-0.4, -0.2) is 34.7 Å². The number of carbonyl (C=O) groups excluding carboxylic acids is 1. The third kappa shape index (κ3) is 2.80. The van der Waals surface area contributed by atoms with E-state index in [1.165, 1.54) is 4.90 Å². The second kappa shape index (κ2) is 5.08. The molecule has 1 aromatic rings. The molecule has 0 bridgehead atoms. The van der Waals surface area contributed by atoms with Crippen LogP contribution >= 0.6 is 0 Å². The van der Waals surface area contributed by atoms with Gasteiger partial charge in [-0.1, -0.05) is 24.3 Å². The second-order valence-corrected chi connectivity index (χ2v) is 4.41. The molecule has 2 rings (SSSR count). The Morgan fingerprint density at radius 2 is 2.22 bits per heavy atom. The maximum absolute atomic E-state index is 11.6. The molecule has 1 unspecified atom stereocenters. The smallest absolute Gasteiger partial charge is 0.410 e. The van der Waals surface area contributed by atoms with Gasteiger partial charge in [0, 0.05) is 6.54 Å². The van der Waals surface area contributed by atoms with Gasteiger partial charge in [0.25, 0.3) is 0 Å². The minimum absolute atomic E-state index is 0.143. The normalized spacial score (nSPS) is 18.8.